The minimum atomic E-state index is -0.540. The number of hydrogen-bond donors (Lipinski definition) is 0. The molecule has 0 aliphatic carbocycles. The van der Waals surface area contributed by atoms with Gasteiger partial charge >= 0.3 is 0 Å². The van der Waals surface area contributed by atoms with Gasteiger partial charge in [-0.25, -0.2) is 0 Å². The van der Waals surface area contributed by atoms with Gasteiger partial charge in [0.25, 0.3) is 6.48 Å². The molecular formula is C12H24O4. The Bertz CT molecular complexity index is 197. The fraction of sp³-hybridized carbons (Fsp3) is 1.00. The third kappa shape index (κ3) is 4.37. The molecule has 1 rings (SSSR count). The average molecular weight is 232 g/mol. The van der Waals surface area contributed by atoms with Gasteiger partial charge in [-0.1, -0.05) is 13.3 Å². The van der Waals surface area contributed by atoms with Gasteiger partial charge in [-0.05, 0) is 34.1 Å². The van der Waals surface area contributed by atoms with E-state index in [1.165, 1.54) is 0 Å². The van der Waals surface area contributed by atoms with Crippen LogP contribution in [0.1, 0.15) is 47.5 Å². The zero-order valence-corrected chi connectivity index (χ0v) is 11.0. The monoisotopic (exact) mass is 232 g/mol. The van der Waals surface area contributed by atoms with Crippen LogP contribution in [0.25, 0.3) is 0 Å². The van der Waals surface area contributed by atoms with Crippen molar-refractivity contribution in [1.29, 1.82) is 0 Å². The molecule has 0 unspecified atom stereocenters. The Hall–Kier alpha value is -0.160. The maximum Gasteiger partial charge on any atom is 0.276 e. The molecule has 2 atom stereocenters. The third-order valence-corrected chi connectivity index (χ3v) is 2.63. The fourth-order valence-corrected chi connectivity index (χ4v) is 1.36. The second-order valence-corrected chi connectivity index (χ2v) is 4.69. The second kappa shape index (κ2) is 5.96. The van der Waals surface area contributed by atoms with E-state index in [-0.39, 0.29) is 12.2 Å². The first-order valence-electron chi connectivity index (χ1n) is 6.07. The molecule has 1 saturated heterocycles. The van der Waals surface area contributed by atoms with E-state index in [1.807, 2.05) is 27.7 Å². The topological polar surface area (TPSA) is 36.9 Å². The standard InChI is InChI=1S/C12H24O4/c1-6-7-8-13-9(2)10(3)14-11-15-12(4,5)16-11/h9-11H,6-8H2,1-5H3/t9-,10+/m0/s1. The maximum absolute atomic E-state index is 5.63. The number of unbranched alkanes of at least 4 members (excludes halogenated alkanes) is 1. The number of rotatable bonds is 7. The van der Waals surface area contributed by atoms with Crippen molar-refractivity contribution in [3.63, 3.8) is 0 Å². The van der Waals surface area contributed by atoms with Gasteiger partial charge in [0.1, 0.15) is 0 Å². The van der Waals surface area contributed by atoms with Gasteiger partial charge in [0.15, 0.2) is 5.79 Å². The van der Waals surface area contributed by atoms with E-state index < -0.39 is 12.3 Å². The maximum atomic E-state index is 5.63. The predicted molar refractivity (Wildman–Crippen MR) is 60.9 cm³/mol. The Kier molecular flexibility index (Phi) is 5.18. The normalized spacial score (nSPS) is 23.8. The fourth-order valence-electron chi connectivity index (χ4n) is 1.36. The summed E-state index contributed by atoms with van der Waals surface area (Å²) in [5.74, 6) is -0.503. The lowest BCUT2D eigenvalue weighted by atomic mass is 10.2. The molecule has 4 nitrogen and oxygen atoms in total. The summed E-state index contributed by atoms with van der Waals surface area (Å²) in [5, 5.41) is 0. The molecule has 0 aromatic heterocycles. The van der Waals surface area contributed by atoms with Crippen LogP contribution in [-0.2, 0) is 18.9 Å². The molecule has 1 aliphatic rings. The zero-order valence-electron chi connectivity index (χ0n) is 11.0. The van der Waals surface area contributed by atoms with Gasteiger partial charge in [-0.3, -0.25) is 9.47 Å². The Labute approximate surface area is 98.2 Å². The van der Waals surface area contributed by atoms with Crippen molar-refractivity contribution in [2.45, 2.75) is 71.9 Å². The summed E-state index contributed by atoms with van der Waals surface area (Å²) < 4.78 is 21.9. The summed E-state index contributed by atoms with van der Waals surface area (Å²) in [5.41, 5.74) is 0. The third-order valence-electron chi connectivity index (χ3n) is 2.63. The molecule has 0 aromatic carbocycles. The molecule has 16 heavy (non-hydrogen) atoms. The number of hydrogen-bond acceptors (Lipinski definition) is 4. The van der Waals surface area contributed by atoms with Gasteiger partial charge in [-0.2, -0.15) is 0 Å². The van der Waals surface area contributed by atoms with E-state index in [0.29, 0.717) is 0 Å². The van der Waals surface area contributed by atoms with Crippen molar-refractivity contribution < 1.29 is 18.9 Å². The van der Waals surface area contributed by atoms with Gasteiger partial charge < -0.3 is 9.47 Å². The van der Waals surface area contributed by atoms with Crippen LogP contribution in [0, 0.1) is 0 Å². The molecule has 1 fully saturated rings. The van der Waals surface area contributed by atoms with Gasteiger partial charge in [0, 0.05) is 6.61 Å². The molecule has 0 saturated carbocycles. The summed E-state index contributed by atoms with van der Waals surface area (Å²) in [4.78, 5) is 0. The van der Waals surface area contributed by atoms with Crippen LogP contribution < -0.4 is 0 Å². The highest BCUT2D eigenvalue weighted by Gasteiger charge is 2.40. The second-order valence-electron chi connectivity index (χ2n) is 4.69. The molecule has 0 N–H and O–H groups in total. The van der Waals surface area contributed by atoms with Crippen molar-refractivity contribution in [2.75, 3.05) is 6.61 Å². The largest absolute Gasteiger partial charge is 0.376 e. The van der Waals surface area contributed by atoms with Crippen molar-refractivity contribution in [2.24, 2.45) is 0 Å². The van der Waals surface area contributed by atoms with Crippen LogP contribution >= 0.6 is 0 Å². The predicted octanol–water partition coefficient (Wildman–Crippen LogP) is 2.66. The van der Waals surface area contributed by atoms with E-state index in [1.54, 1.807) is 0 Å². The van der Waals surface area contributed by atoms with Crippen LogP contribution in [0.2, 0.25) is 0 Å². The summed E-state index contributed by atoms with van der Waals surface area (Å²) in [6, 6.07) is 0. The van der Waals surface area contributed by atoms with Crippen LogP contribution in [0.4, 0.5) is 0 Å². The molecule has 0 amide bonds. The minimum Gasteiger partial charge on any atom is -0.376 e. The van der Waals surface area contributed by atoms with Gasteiger partial charge in [0.05, 0.1) is 12.2 Å². The highest BCUT2D eigenvalue weighted by molar-refractivity contribution is 4.65. The first-order valence-corrected chi connectivity index (χ1v) is 6.07. The highest BCUT2D eigenvalue weighted by Crippen LogP contribution is 2.29. The van der Waals surface area contributed by atoms with Gasteiger partial charge in [0.2, 0.25) is 0 Å². The molecule has 0 aromatic rings. The quantitative estimate of drug-likeness (QED) is 0.632. The van der Waals surface area contributed by atoms with E-state index in [0.717, 1.165) is 19.4 Å². The van der Waals surface area contributed by atoms with E-state index in [9.17, 15) is 0 Å². The first-order chi connectivity index (χ1) is 7.44. The minimum absolute atomic E-state index is 0.0297. The smallest absolute Gasteiger partial charge is 0.276 e. The average Bonchev–Trinajstić information content (AvgIpc) is 2.15. The van der Waals surface area contributed by atoms with E-state index in [2.05, 4.69) is 6.92 Å². The van der Waals surface area contributed by atoms with Crippen molar-refractivity contribution in [1.82, 2.24) is 0 Å². The summed E-state index contributed by atoms with van der Waals surface area (Å²) >= 11 is 0. The number of ether oxygens (including phenoxy) is 4. The summed E-state index contributed by atoms with van der Waals surface area (Å²) in [6.07, 6.45) is 2.26. The molecule has 1 aliphatic heterocycles. The summed E-state index contributed by atoms with van der Waals surface area (Å²) in [6.45, 7) is 10.1. The molecule has 1 heterocycles. The first kappa shape index (κ1) is 13.9. The Morgan fingerprint density at radius 3 is 2.31 bits per heavy atom. The van der Waals surface area contributed by atoms with Crippen LogP contribution in [0.3, 0.4) is 0 Å². The van der Waals surface area contributed by atoms with Crippen molar-refractivity contribution >= 4 is 0 Å². The SMILES string of the molecule is CCCCO[C@@H](C)[C@@H](C)OC1OC(C)(C)O1. The lowest BCUT2D eigenvalue weighted by molar-refractivity contribution is -0.516. The molecular weight excluding hydrogens is 208 g/mol. The Balaban J connectivity index is 2.12. The highest BCUT2D eigenvalue weighted by atomic mass is 17.0. The lowest BCUT2D eigenvalue weighted by Gasteiger charge is -2.43. The van der Waals surface area contributed by atoms with E-state index >= 15 is 0 Å². The zero-order chi connectivity index (χ0) is 12.2. The Morgan fingerprint density at radius 2 is 1.81 bits per heavy atom. The molecule has 96 valence electrons. The van der Waals surface area contributed by atoms with Crippen LogP contribution in [0.5, 0.6) is 0 Å². The lowest BCUT2D eigenvalue weighted by Crippen LogP contribution is -2.52. The molecule has 0 spiro atoms. The molecule has 0 radical (unpaired) electrons. The van der Waals surface area contributed by atoms with E-state index in [4.69, 9.17) is 18.9 Å². The van der Waals surface area contributed by atoms with Crippen LogP contribution in [-0.4, -0.2) is 31.1 Å². The van der Waals surface area contributed by atoms with Crippen LogP contribution in [0.15, 0.2) is 0 Å². The van der Waals surface area contributed by atoms with Crippen molar-refractivity contribution in [3.8, 4) is 0 Å². The Morgan fingerprint density at radius 1 is 1.19 bits per heavy atom. The summed E-state index contributed by atoms with van der Waals surface area (Å²) in [7, 11) is 0. The van der Waals surface area contributed by atoms with Gasteiger partial charge in [-0.15, -0.1) is 0 Å². The van der Waals surface area contributed by atoms with Crippen molar-refractivity contribution in [3.05, 3.63) is 0 Å². The molecule has 4 heteroatoms. The molecule has 0 bridgehead atoms.